The fraction of sp³-hybridized carbons (Fsp3) is 0.115. The highest BCUT2D eigenvalue weighted by Crippen LogP contribution is 2.34. The number of rotatable bonds is 8. The first-order valence-electron chi connectivity index (χ1n) is 10.6. The van der Waals surface area contributed by atoms with E-state index in [-0.39, 0.29) is 17.3 Å². The number of nitrogens with zero attached hydrogens (tertiary/aromatic N) is 1. The minimum atomic E-state index is -0.566. The Labute approximate surface area is 205 Å². The molecular formula is C26H21FN2O5S. The number of anilines is 1. The molecule has 1 saturated heterocycles. The molecule has 3 aromatic carbocycles. The number of ether oxygens (including phenoxy) is 2. The van der Waals surface area contributed by atoms with Gasteiger partial charge in [-0.15, -0.1) is 0 Å². The number of carbonyl (C=O) groups is 3. The van der Waals surface area contributed by atoms with Gasteiger partial charge in [0.2, 0.25) is 5.91 Å². The van der Waals surface area contributed by atoms with Crippen molar-refractivity contribution < 1.29 is 28.2 Å². The lowest BCUT2D eigenvalue weighted by Crippen LogP contribution is -2.36. The summed E-state index contributed by atoms with van der Waals surface area (Å²) in [5.74, 6) is -0.462. The molecule has 0 aliphatic carbocycles. The van der Waals surface area contributed by atoms with Crippen molar-refractivity contribution in [1.29, 1.82) is 0 Å². The summed E-state index contributed by atoms with van der Waals surface area (Å²) in [5.41, 5.74) is 1.82. The number of hydrogen-bond donors (Lipinski definition) is 1. The van der Waals surface area contributed by atoms with Crippen molar-refractivity contribution in [1.82, 2.24) is 4.90 Å². The van der Waals surface area contributed by atoms with E-state index in [1.807, 2.05) is 0 Å². The van der Waals surface area contributed by atoms with Crippen molar-refractivity contribution in [2.45, 2.75) is 6.61 Å². The third-order valence-electron chi connectivity index (χ3n) is 5.07. The summed E-state index contributed by atoms with van der Waals surface area (Å²) in [6.45, 7) is -0.224. The highest BCUT2D eigenvalue weighted by atomic mass is 32.2. The molecule has 7 nitrogen and oxygen atoms in total. The highest BCUT2D eigenvalue weighted by Gasteiger charge is 2.36. The van der Waals surface area contributed by atoms with Gasteiger partial charge in [0.15, 0.2) is 0 Å². The van der Waals surface area contributed by atoms with Crippen LogP contribution >= 0.6 is 11.8 Å². The van der Waals surface area contributed by atoms with Gasteiger partial charge < -0.3 is 14.8 Å². The number of hydrogen-bond acceptors (Lipinski definition) is 6. The third-order valence-corrected chi connectivity index (χ3v) is 5.98. The van der Waals surface area contributed by atoms with E-state index in [9.17, 15) is 18.8 Å². The summed E-state index contributed by atoms with van der Waals surface area (Å²) in [5, 5.41) is 2.12. The Morgan fingerprint density at radius 2 is 1.69 bits per heavy atom. The molecule has 1 heterocycles. The minimum absolute atomic E-state index is 0.179. The van der Waals surface area contributed by atoms with Crippen LogP contribution in [0.15, 0.2) is 77.7 Å². The van der Waals surface area contributed by atoms with Gasteiger partial charge in [0.25, 0.3) is 11.1 Å². The molecule has 1 N–H and O–H groups in total. The number of thioether (sulfide) groups is 1. The number of nitrogens with one attached hydrogen (secondary N) is 1. The van der Waals surface area contributed by atoms with Gasteiger partial charge in [0, 0.05) is 5.56 Å². The van der Waals surface area contributed by atoms with Gasteiger partial charge >= 0.3 is 0 Å². The summed E-state index contributed by atoms with van der Waals surface area (Å²) in [7, 11) is 1.48. The van der Waals surface area contributed by atoms with Crippen molar-refractivity contribution in [2.75, 3.05) is 19.0 Å². The topological polar surface area (TPSA) is 84.9 Å². The van der Waals surface area contributed by atoms with Crippen molar-refractivity contribution in [3.63, 3.8) is 0 Å². The van der Waals surface area contributed by atoms with E-state index in [0.29, 0.717) is 22.7 Å². The maximum absolute atomic E-state index is 13.1. The lowest BCUT2D eigenvalue weighted by molar-refractivity contribution is -0.127. The zero-order chi connectivity index (χ0) is 24.8. The fourth-order valence-corrected chi connectivity index (χ4v) is 4.16. The van der Waals surface area contributed by atoms with Gasteiger partial charge in [-0.3, -0.25) is 19.3 Å². The Balaban J connectivity index is 1.45. The van der Waals surface area contributed by atoms with Crippen LogP contribution in [-0.4, -0.2) is 35.6 Å². The Morgan fingerprint density at radius 3 is 2.43 bits per heavy atom. The molecule has 1 fully saturated rings. The van der Waals surface area contributed by atoms with Crippen LogP contribution in [0.4, 0.5) is 14.9 Å². The van der Waals surface area contributed by atoms with E-state index >= 15 is 0 Å². The zero-order valence-electron chi connectivity index (χ0n) is 18.7. The predicted molar refractivity (Wildman–Crippen MR) is 131 cm³/mol. The standard InChI is InChI=1S/C26H21FN2O5S/c1-33-22-9-5-3-7-20(22)28-24(30)15-29-25(31)23(35-26(29)32)14-18-6-2-4-8-21(18)34-16-17-10-12-19(27)13-11-17/h2-14H,15-16H2,1H3,(H,28,30)/b23-14-. The number of methoxy groups -OCH3 is 1. The van der Waals surface area contributed by atoms with Crippen LogP contribution in [0, 0.1) is 5.82 Å². The molecule has 0 saturated carbocycles. The first-order valence-corrected chi connectivity index (χ1v) is 11.4. The summed E-state index contributed by atoms with van der Waals surface area (Å²) in [4.78, 5) is 38.9. The first kappa shape index (κ1) is 24.0. The van der Waals surface area contributed by atoms with E-state index in [0.717, 1.165) is 22.2 Å². The van der Waals surface area contributed by atoms with E-state index in [4.69, 9.17) is 9.47 Å². The van der Waals surface area contributed by atoms with E-state index in [1.54, 1.807) is 66.7 Å². The van der Waals surface area contributed by atoms with Crippen LogP contribution in [-0.2, 0) is 16.2 Å². The van der Waals surface area contributed by atoms with Gasteiger partial charge in [-0.05, 0) is 53.7 Å². The normalized spacial score (nSPS) is 14.3. The predicted octanol–water partition coefficient (Wildman–Crippen LogP) is 5.09. The Kier molecular flexibility index (Phi) is 7.47. The van der Waals surface area contributed by atoms with Crippen LogP contribution in [0.5, 0.6) is 11.5 Å². The molecule has 0 unspecified atom stereocenters. The third kappa shape index (κ3) is 5.88. The minimum Gasteiger partial charge on any atom is -0.495 e. The molecule has 1 aliphatic rings. The van der Waals surface area contributed by atoms with Gasteiger partial charge in [0.05, 0.1) is 17.7 Å². The lowest BCUT2D eigenvalue weighted by Gasteiger charge is -2.14. The monoisotopic (exact) mass is 492 g/mol. The summed E-state index contributed by atoms with van der Waals surface area (Å²) in [6.07, 6.45) is 1.56. The molecule has 0 bridgehead atoms. The molecule has 1 aliphatic heterocycles. The smallest absolute Gasteiger partial charge is 0.294 e. The van der Waals surface area contributed by atoms with Crippen LogP contribution in [0.3, 0.4) is 0 Å². The molecule has 0 aromatic heterocycles. The lowest BCUT2D eigenvalue weighted by atomic mass is 10.1. The molecule has 0 atom stereocenters. The largest absolute Gasteiger partial charge is 0.495 e. The van der Waals surface area contributed by atoms with Crippen molar-refractivity contribution in [3.8, 4) is 11.5 Å². The van der Waals surface area contributed by atoms with E-state index in [2.05, 4.69) is 5.32 Å². The van der Waals surface area contributed by atoms with Crippen LogP contribution in [0.25, 0.3) is 6.08 Å². The maximum atomic E-state index is 13.1. The Morgan fingerprint density at radius 1 is 1.00 bits per heavy atom. The van der Waals surface area contributed by atoms with Crippen molar-refractivity contribution in [2.24, 2.45) is 0 Å². The molecule has 0 radical (unpaired) electrons. The number of imide groups is 1. The summed E-state index contributed by atoms with van der Waals surface area (Å²) < 4.78 is 24.2. The average molecular weight is 493 g/mol. The van der Waals surface area contributed by atoms with Crippen LogP contribution in [0.2, 0.25) is 0 Å². The SMILES string of the molecule is COc1ccccc1NC(=O)CN1C(=O)S/C(=C\c2ccccc2OCc2ccc(F)cc2)C1=O. The molecule has 3 amide bonds. The number of amides is 3. The first-order chi connectivity index (χ1) is 16.9. The molecular weight excluding hydrogens is 471 g/mol. The number of benzene rings is 3. The second kappa shape index (κ2) is 10.9. The summed E-state index contributed by atoms with van der Waals surface area (Å²) in [6, 6.07) is 19.8. The fourth-order valence-electron chi connectivity index (χ4n) is 3.33. The molecule has 0 spiro atoms. The van der Waals surface area contributed by atoms with Crippen LogP contribution in [0.1, 0.15) is 11.1 Å². The van der Waals surface area contributed by atoms with Crippen molar-refractivity contribution >= 4 is 40.6 Å². The molecule has 35 heavy (non-hydrogen) atoms. The maximum Gasteiger partial charge on any atom is 0.294 e. The van der Waals surface area contributed by atoms with Gasteiger partial charge in [-0.1, -0.05) is 42.5 Å². The number of halogens is 1. The van der Waals surface area contributed by atoms with Gasteiger partial charge in [-0.2, -0.15) is 0 Å². The second-order valence-electron chi connectivity index (χ2n) is 7.47. The quantitative estimate of drug-likeness (QED) is 0.441. The average Bonchev–Trinajstić information content (AvgIpc) is 3.12. The molecule has 3 aromatic rings. The summed E-state index contributed by atoms with van der Waals surface area (Å²) >= 11 is 0.754. The van der Waals surface area contributed by atoms with E-state index in [1.165, 1.54) is 19.2 Å². The van der Waals surface area contributed by atoms with Crippen LogP contribution < -0.4 is 14.8 Å². The Hall–Kier alpha value is -4.11. The number of carbonyl (C=O) groups excluding carboxylic acids is 3. The van der Waals surface area contributed by atoms with Crippen molar-refractivity contribution in [3.05, 3.63) is 94.6 Å². The number of para-hydroxylation sites is 3. The van der Waals surface area contributed by atoms with E-state index < -0.39 is 23.6 Å². The second-order valence-corrected chi connectivity index (χ2v) is 8.46. The Bertz CT molecular complexity index is 1290. The van der Waals surface area contributed by atoms with Gasteiger partial charge in [-0.25, -0.2) is 4.39 Å². The molecule has 9 heteroatoms. The zero-order valence-corrected chi connectivity index (χ0v) is 19.5. The molecule has 4 rings (SSSR count). The highest BCUT2D eigenvalue weighted by molar-refractivity contribution is 8.18. The van der Waals surface area contributed by atoms with Gasteiger partial charge in [0.1, 0.15) is 30.5 Å². The molecule has 178 valence electrons.